The molecule has 1 saturated carbocycles. The van der Waals surface area contributed by atoms with Crippen LogP contribution in [0, 0.1) is 11.8 Å². The molecule has 1 fully saturated rings. The largest absolute Gasteiger partial charge is 0.313 e. The predicted molar refractivity (Wildman–Crippen MR) is 88.0 cm³/mol. The van der Waals surface area contributed by atoms with Crippen molar-refractivity contribution in [1.29, 1.82) is 0 Å². The van der Waals surface area contributed by atoms with Gasteiger partial charge in [-0.05, 0) is 49.6 Å². The van der Waals surface area contributed by atoms with Gasteiger partial charge in [-0.25, -0.2) is 0 Å². The summed E-state index contributed by atoms with van der Waals surface area (Å²) in [6, 6.07) is 11.7. The van der Waals surface area contributed by atoms with Crippen LogP contribution in [0.1, 0.15) is 57.9 Å². The van der Waals surface area contributed by atoms with Crippen LogP contribution in [0.2, 0.25) is 0 Å². The Morgan fingerprint density at radius 1 is 1.05 bits per heavy atom. The Labute approximate surface area is 125 Å². The molecule has 20 heavy (non-hydrogen) atoms. The molecule has 1 aromatic rings. The van der Waals surface area contributed by atoms with Gasteiger partial charge in [-0.1, -0.05) is 63.4 Å². The molecule has 1 aromatic carbocycles. The van der Waals surface area contributed by atoms with Gasteiger partial charge >= 0.3 is 0 Å². The molecule has 0 bridgehead atoms. The van der Waals surface area contributed by atoms with Gasteiger partial charge in [-0.3, -0.25) is 0 Å². The minimum atomic E-state index is 0.676. The summed E-state index contributed by atoms with van der Waals surface area (Å²) < 4.78 is 0. The average Bonchev–Trinajstić information content (AvgIpc) is 2.52. The van der Waals surface area contributed by atoms with Crippen molar-refractivity contribution < 1.29 is 0 Å². The molecule has 1 unspecified atom stereocenters. The summed E-state index contributed by atoms with van der Waals surface area (Å²) in [6.07, 6.45) is 9.54. The highest BCUT2D eigenvalue weighted by molar-refractivity contribution is 5.16. The fourth-order valence-corrected chi connectivity index (χ4v) is 3.60. The highest BCUT2D eigenvalue weighted by atomic mass is 14.9. The van der Waals surface area contributed by atoms with Gasteiger partial charge in [0.05, 0.1) is 0 Å². The van der Waals surface area contributed by atoms with E-state index in [2.05, 4.69) is 49.5 Å². The summed E-state index contributed by atoms with van der Waals surface area (Å²) in [5.74, 6) is 1.87. The lowest BCUT2D eigenvalue weighted by Crippen LogP contribution is -2.40. The molecule has 1 heteroatoms. The number of hydrogen-bond donors (Lipinski definition) is 1. The molecule has 0 spiro atoms. The Morgan fingerprint density at radius 2 is 1.75 bits per heavy atom. The van der Waals surface area contributed by atoms with Crippen LogP contribution in [0.4, 0.5) is 0 Å². The Bertz CT molecular complexity index is 351. The van der Waals surface area contributed by atoms with E-state index >= 15 is 0 Å². The summed E-state index contributed by atoms with van der Waals surface area (Å²) in [4.78, 5) is 0. The molecule has 0 saturated heterocycles. The summed E-state index contributed by atoms with van der Waals surface area (Å²) >= 11 is 0. The van der Waals surface area contributed by atoms with Crippen molar-refractivity contribution in [2.45, 2.75) is 64.8 Å². The molecule has 1 aliphatic rings. The van der Waals surface area contributed by atoms with Crippen molar-refractivity contribution in [3.8, 4) is 0 Å². The molecule has 2 rings (SSSR count). The van der Waals surface area contributed by atoms with Crippen LogP contribution < -0.4 is 5.32 Å². The maximum absolute atomic E-state index is 3.82. The van der Waals surface area contributed by atoms with Gasteiger partial charge in [0.15, 0.2) is 0 Å². The van der Waals surface area contributed by atoms with E-state index in [9.17, 15) is 0 Å². The number of benzene rings is 1. The lowest BCUT2D eigenvalue weighted by atomic mass is 9.76. The van der Waals surface area contributed by atoms with Gasteiger partial charge in [0.1, 0.15) is 0 Å². The Hall–Kier alpha value is -0.820. The molecule has 1 atom stereocenters. The van der Waals surface area contributed by atoms with Crippen molar-refractivity contribution in [3.63, 3.8) is 0 Å². The highest BCUT2D eigenvalue weighted by Gasteiger charge is 2.26. The zero-order valence-corrected chi connectivity index (χ0v) is 13.3. The molecule has 1 aliphatic carbocycles. The molecule has 1 nitrogen and oxygen atoms in total. The SMILES string of the molecule is CCCNC(Cc1ccccc1)C1CCC(CC)CC1. The highest BCUT2D eigenvalue weighted by Crippen LogP contribution is 2.33. The maximum Gasteiger partial charge on any atom is 0.0136 e. The monoisotopic (exact) mass is 273 g/mol. The van der Waals surface area contributed by atoms with Crippen LogP contribution in [0.15, 0.2) is 30.3 Å². The second-order valence-corrected chi connectivity index (χ2v) is 6.44. The first-order chi connectivity index (χ1) is 9.83. The zero-order valence-electron chi connectivity index (χ0n) is 13.3. The van der Waals surface area contributed by atoms with Crippen LogP contribution >= 0.6 is 0 Å². The van der Waals surface area contributed by atoms with Gasteiger partial charge < -0.3 is 5.32 Å². The maximum atomic E-state index is 3.82. The number of hydrogen-bond acceptors (Lipinski definition) is 1. The lowest BCUT2D eigenvalue weighted by molar-refractivity contribution is 0.216. The Morgan fingerprint density at radius 3 is 2.35 bits per heavy atom. The first-order valence-electron chi connectivity index (χ1n) is 8.60. The zero-order chi connectivity index (χ0) is 14.2. The van der Waals surface area contributed by atoms with Gasteiger partial charge in [0.2, 0.25) is 0 Å². The molecule has 112 valence electrons. The van der Waals surface area contributed by atoms with E-state index < -0.39 is 0 Å². The Balaban J connectivity index is 1.93. The first-order valence-corrected chi connectivity index (χ1v) is 8.60. The summed E-state index contributed by atoms with van der Waals surface area (Å²) in [5, 5.41) is 3.82. The summed E-state index contributed by atoms with van der Waals surface area (Å²) in [5.41, 5.74) is 1.48. The van der Waals surface area contributed by atoms with E-state index in [0.29, 0.717) is 6.04 Å². The quantitative estimate of drug-likeness (QED) is 0.751. The lowest BCUT2D eigenvalue weighted by Gasteiger charge is -2.34. The smallest absolute Gasteiger partial charge is 0.0136 e. The van der Waals surface area contributed by atoms with Crippen LogP contribution in [0.3, 0.4) is 0 Å². The van der Waals surface area contributed by atoms with E-state index in [0.717, 1.165) is 18.4 Å². The van der Waals surface area contributed by atoms with Crippen LogP contribution in [-0.2, 0) is 6.42 Å². The van der Waals surface area contributed by atoms with Gasteiger partial charge in [-0.15, -0.1) is 0 Å². The van der Waals surface area contributed by atoms with E-state index in [1.807, 2.05) is 0 Å². The van der Waals surface area contributed by atoms with Crippen molar-refractivity contribution in [2.75, 3.05) is 6.54 Å². The van der Waals surface area contributed by atoms with Crippen LogP contribution in [-0.4, -0.2) is 12.6 Å². The number of rotatable bonds is 7. The Kier molecular flexibility index (Phi) is 6.59. The normalized spacial score (nSPS) is 24.5. The minimum Gasteiger partial charge on any atom is -0.313 e. The molecule has 0 aromatic heterocycles. The standard InChI is InChI=1S/C19H31N/c1-3-14-20-19(15-17-8-6-5-7-9-17)18-12-10-16(4-2)11-13-18/h5-9,16,18-20H,3-4,10-15H2,1-2H3. The van der Waals surface area contributed by atoms with Gasteiger partial charge in [0, 0.05) is 6.04 Å². The molecule has 0 aliphatic heterocycles. The second kappa shape index (κ2) is 8.46. The topological polar surface area (TPSA) is 12.0 Å². The predicted octanol–water partition coefficient (Wildman–Crippen LogP) is 4.81. The van der Waals surface area contributed by atoms with Gasteiger partial charge in [0.25, 0.3) is 0 Å². The molecule has 0 radical (unpaired) electrons. The fraction of sp³-hybridized carbons (Fsp3) is 0.684. The molecule has 1 N–H and O–H groups in total. The summed E-state index contributed by atoms with van der Waals surface area (Å²) in [7, 11) is 0. The summed E-state index contributed by atoms with van der Waals surface area (Å²) in [6.45, 7) is 5.77. The molecular formula is C19H31N. The first kappa shape index (κ1) is 15.6. The second-order valence-electron chi connectivity index (χ2n) is 6.44. The van der Waals surface area contributed by atoms with Crippen LogP contribution in [0.25, 0.3) is 0 Å². The van der Waals surface area contributed by atoms with Gasteiger partial charge in [-0.2, -0.15) is 0 Å². The fourth-order valence-electron chi connectivity index (χ4n) is 3.60. The molecule has 0 heterocycles. The minimum absolute atomic E-state index is 0.676. The van der Waals surface area contributed by atoms with Crippen molar-refractivity contribution in [2.24, 2.45) is 11.8 Å². The molecular weight excluding hydrogens is 242 g/mol. The van der Waals surface area contributed by atoms with Crippen molar-refractivity contribution >= 4 is 0 Å². The van der Waals surface area contributed by atoms with E-state index in [1.54, 1.807) is 0 Å². The number of nitrogens with one attached hydrogen (secondary N) is 1. The van der Waals surface area contributed by atoms with Crippen LogP contribution in [0.5, 0.6) is 0 Å². The third-order valence-corrected chi connectivity index (χ3v) is 4.99. The van der Waals surface area contributed by atoms with E-state index in [-0.39, 0.29) is 0 Å². The third kappa shape index (κ3) is 4.63. The van der Waals surface area contributed by atoms with Crippen molar-refractivity contribution in [1.82, 2.24) is 5.32 Å². The van der Waals surface area contributed by atoms with E-state index in [4.69, 9.17) is 0 Å². The van der Waals surface area contributed by atoms with Crippen molar-refractivity contribution in [3.05, 3.63) is 35.9 Å². The van der Waals surface area contributed by atoms with E-state index in [1.165, 1.54) is 50.5 Å². The molecule has 0 amide bonds. The average molecular weight is 273 g/mol. The third-order valence-electron chi connectivity index (χ3n) is 4.99.